The summed E-state index contributed by atoms with van der Waals surface area (Å²) in [5.74, 6) is -0.981. The van der Waals surface area contributed by atoms with Gasteiger partial charge in [0.1, 0.15) is 10.6 Å². The molecule has 0 spiro atoms. The molecule has 6 nitrogen and oxygen atoms in total. The molecule has 1 atom stereocenters. The van der Waals surface area contributed by atoms with Crippen LogP contribution in [-0.2, 0) is 9.84 Å². The topological polar surface area (TPSA) is 81.5 Å². The minimum Gasteiger partial charge on any atom is -0.325 e. The van der Waals surface area contributed by atoms with E-state index in [2.05, 4.69) is 6.07 Å². The number of nitriles is 1. The lowest BCUT2D eigenvalue weighted by Gasteiger charge is -2.37. The molecule has 0 radical (unpaired) electrons. The van der Waals surface area contributed by atoms with E-state index in [0.29, 0.717) is 18.9 Å². The molecule has 0 N–H and O–H groups in total. The van der Waals surface area contributed by atoms with Gasteiger partial charge in [0, 0.05) is 32.1 Å². The van der Waals surface area contributed by atoms with E-state index in [1.54, 1.807) is 0 Å². The van der Waals surface area contributed by atoms with Crippen molar-refractivity contribution in [1.82, 2.24) is 9.80 Å². The van der Waals surface area contributed by atoms with Gasteiger partial charge in [-0.1, -0.05) is 12.2 Å². The Morgan fingerprint density at radius 3 is 1.98 bits per heavy atom. The summed E-state index contributed by atoms with van der Waals surface area (Å²) in [6.07, 6.45) is -12.7. The Morgan fingerprint density at radius 1 is 0.902 bits per heavy atom. The second-order valence-corrected chi connectivity index (χ2v) is 12.6. The third kappa shape index (κ3) is 5.19. The second-order valence-electron chi connectivity index (χ2n) is 10.3. The van der Waals surface area contributed by atoms with Crippen molar-refractivity contribution >= 4 is 15.9 Å². The fourth-order valence-electron chi connectivity index (χ4n) is 5.67. The number of carbonyl (C=O) groups excluding carboxylic acids is 1. The molecule has 0 aromatic heterocycles. The van der Waals surface area contributed by atoms with Crippen molar-refractivity contribution in [2.24, 2.45) is 5.92 Å². The Balaban J connectivity index is 1.75. The van der Waals surface area contributed by atoms with Crippen LogP contribution < -0.4 is 0 Å². The molecule has 2 amide bonds. The lowest BCUT2D eigenvalue weighted by Crippen LogP contribution is -2.55. The molecule has 1 unspecified atom stereocenters. The second kappa shape index (κ2) is 10.6. The number of amides is 2. The highest BCUT2D eigenvalue weighted by atomic mass is 32.2. The van der Waals surface area contributed by atoms with Gasteiger partial charge < -0.3 is 9.80 Å². The summed E-state index contributed by atoms with van der Waals surface area (Å²) in [4.78, 5) is 15.6. The molecular weight excluding hydrogens is 586 g/mol. The maximum Gasteiger partial charge on any atom is 0.435 e. The summed E-state index contributed by atoms with van der Waals surface area (Å²) in [7, 11) is -4.49. The van der Waals surface area contributed by atoms with Crippen LogP contribution in [0.25, 0.3) is 0 Å². The minimum atomic E-state index is -6.31. The maximum atomic E-state index is 14.7. The standard InChI is InChI=1S/C26H25F8N3O3S/c27-20-5-7-21(8-6-20)41(39,40)23(11-14-37(16-23)22(38)36-12-9-17(15-35)10-13-36)18-1-3-19(4-2-18)24(28,25(29,30)31)26(32,33)34/h1,3,5-8,17H,2,4,9-14,16H2. The van der Waals surface area contributed by atoms with Gasteiger partial charge in [-0.05, 0) is 67.5 Å². The van der Waals surface area contributed by atoms with E-state index in [4.69, 9.17) is 5.26 Å². The van der Waals surface area contributed by atoms with Gasteiger partial charge in [-0.25, -0.2) is 22.0 Å². The maximum absolute atomic E-state index is 14.7. The zero-order chi connectivity index (χ0) is 30.4. The summed E-state index contributed by atoms with van der Waals surface area (Å²) < 4.78 is 134. The number of hydrogen-bond donors (Lipinski definition) is 0. The number of likely N-dealkylation sites (tertiary alicyclic amines) is 2. The number of alkyl halides is 7. The van der Waals surface area contributed by atoms with Crippen LogP contribution in [0, 0.1) is 23.1 Å². The fourth-order valence-corrected chi connectivity index (χ4v) is 7.81. The molecule has 3 aliphatic rings. The summed E-state index contributed by atoms with van der Waals surface area (Å²) in [6.45, 7) is -0.0946. The molecule has 2 heterocycles. The van der Waals surface area contributed by atoms with Crippen molar-refractivity contribution in [2.45, 2.75) is 59.8 Å². The van der Waals surface area contributed by atoms with E-state index < -0.39 is 69.4 Å². The lowest BCUT2D eigenvalue weighted by molar-refractivity contribution is -0.327. The molecule has 1 aromatic rings. The van der Waals surface area contributed by atoms with Gasteiger partial charge in [-0.3, -0.25) is 0 Å². The molecule has 1 aromatic carbocycles. The minimum absolute atomic E-state index is 0.0873. The average molecular weight is 612 g/mol. The van der Waals surface area contributed by atoms with Crippen LogP contribution in [0.1, 0.15) is 32.1 Å². The first-order valence-corrected chi connectivity index (χ1v) is 14.1. The molecule has 0 bridgehead atoms. The predicted molar refractivity (Wildman–Crippen MR) is 129 cm³/mol. The van der Waals surface area contributed by atoms with Crippen LogP contribution >= 0.6 is 0 Å². The van der Waals surface area contributed by atoms with Crippen molar-refractivity contribution in [2.75, 3.05) is 26.2 Å². The SMILES string of the molecule is N#CC1CCN(C(=O)N2CCC(C3=CC=C(C(F)(C(F)(F)F)C(F)(F)F)CC3)(S(=O)(=O)c3ccc(F)cc3)C2)CC1. The Labute approximate surface area is 230 Å². The quantitative estimate of drug-likeness (QED) is 0.315. The summed E-state index contributed by atoms with van der Waals surface area (Å²) in [5.41, 5.74) is -7.32. The van der Waals surface area contributed by atoms with E-state index in [9.17, 15) is 48.3 Å². The number of carbonyl (C=O) groups is 1. The number of rotatable bonds is 4. The molecule has 0 saturated carbocycles. The van der Waals surface area contributed by atoms with Gasteiger partial charge in [-0.15, -0.1) is 0 Å². The van der Waals surface area contributed by atoms with Gasteiger partial charge in [0.25, 0.3) is 0 Å². The van der Waals surface area contributed by atoms with Crippen molar-refractivity contribution in [3.63, 3.8) is 0 Å². The zero-order valence-electron chi connectivity index (χ0n) is 21.4. The highest BCUT2D eigenvalue weighted by Crippen LogP contribution is 2.54. The van der Waals surface area contributed by atoms with Crippen LogP contribution in [0.2, 0.25) is 0 Å². The lowest BCUT2D eigenvalue weighted by atomic mass is 9.82. The van der Waals surface area contributed by atoms with Gasteiger partial charge in [0.15, 0.2) is 9.84 Å². The van der Waals surface area contributed by atoms with Crippen LogP contribution in [-0.4, -0.2) is 73.2 Å². The molecule has 2 aliphatic heterocycles. The molecule has 41 heavy (non-hydrogen) atoms. The molecule has 224 valence electrons. The van der Waals surface area contributed by atoms with Crippen LogP contribution in [0.3, 0.4) is 0 Å². The first kappa shape index (κ1) is 30.8. The Hall–Kier alpha value is -3.15. The number of halogens is 8. The predicted octanol–water partition coefficient (Wildman–Crippen LogP) is 5.88. The average Bonchev–Trinajstić information content (AvgIpc) is 3.39. The van der Waals surface area contributed by atoms with Crippen LogP contribution in [0.4, 0.5) is 39.9 Å². The number of urea groups is 1. The highest BCUT2D eigenvalue weighted by Gasteiger charge is 2.74. The molecule has 2 fully saturated rings. The Morgan fingerprint density at radius 2 is 1.49 bits per heavy atom. The molecule has 4 rings (SSSR count). The highest BCUT2D eigenvalue weighted by molar-refractivity contribution is 7.93. The van der Waals surface area contributed by atoms with Crippen molar-refractivity contribution in [3.8, 4) is 6.07 Å². The monoisotopic (exact) mass is 611 g/mol. The van der Waals surface area contributed by atoms with Crippen molar-refractivity contribution < 1.29 is 48.3 Å². The Bertz CT molecular complexity index is 1370. The smallest absolute Gasteiger partial charge is 0.325 e. The number of nitrogens with zero attached hydrogens (tertiary/aromatic N) is 3. The molecular formula is C26H25F8N3O3S. The van der Waals surface area contributed by atoms with Crippen LogP contribution in [0.5, 0.6) is 0 Å². The van der Waals surface area contributed by atoms with E-state index in [0.717, 1.165) is 30.3 Å². The van der Waals surface area contributed by atoms with E-state index >= 15 is 0 Å². The summed E-state index contributed by atoms with van der Waals surface area (Å²) in [6, 6.07) is 5.33. The third-order valence-corrected chi connectivity index (χ3v) is 10.6. The number of hydrogen-bond acceptors (Lipinski definition) is 4. The molecule has 15 heteroatoms. The van der Waals surface area contributed by atoms with Gasteiger partial charge >= 0.3 is 24.1 Å². The third-order valence-electron chi connectivity index (χ3n) is 8.05. The number of piperidine rings is 1. The Kier molecular flexibility index (Phi) is 7.96. The zero-order valence-corrected chi connectivity index (χ0v) is 22.2. The van der Waals surface area contributed by atoms with Gasteiger partial charge in [0.2, 0.25) is 0 Å². The van der Waals surface area contributed by atoms with E-state index in [1.165, 1.54) is 9.80 Å². The van der Waals surface area contributed by atoms with Gasteiger partial charge in [-0.2, -0.15) is 31.6 Å². The van der Waals surface area contributed by atoms with E-state index in [1.807, 2.05) is 0 Å². The number of sulfone groups is 1. The van der Waals surface area contributed by atoms with Crippen molar-refractivity contribution in [3.05, 3.63) is 53.4 Å². The molecule has 2 saturated heterocycles. The fraction of sp³-hybridized carbons (Fsp3) is 0.538. The normalized spacial score (nSPS) is 23.2. The van der Waals surface area contributed by atoms with Crippen LogP contribution in [0.15, 0.2) is 52.5 Å². The largest absolute Gasteiger partial charge is 0.435 e. The molecule has 1 aliphatic carbocycles. The first-order chi connectivity index (χ1) is 19.0. The summed E-state index contributed by atoms with van der Waals surface area (Å²) in [5, 5.41) is 9.10. The number of allylic oxidation sites excluding steroid dienone is 3. The first-order valence-electron chi connectivity index (χ1n) is 12.6. The summed E-state index contributed by atoms with van der Waals surface area (Å²) >= 11 is 0. The van der Waals surface area contributed by atoms with Gasteiger partial charge in [0.05, 0.1) is 11.0 Å². The van der Waals surface area contributed by atoms with E-state index in [-0.39, 0.29) is 42.4 Å². The van der Waals surface area contributed by atoms with Crippen molar-refractivity contribution in [1.29, 1.82) is 5.26 Å². The number of benzene rings is 1.